The van der Waals surface area contributed by atoms with Gasteiger partial charge >= 0.3 is 5.97 Å². The summed E-state index contributed by atoms with van der Waals surface area (Å²) in [5.74, 6) is -0.878. The van der Waals surface area contributed by atoms with Crippen LogP contribution in [0.4, 0.5) is 0 Å². The average Bonchev–Trinajstić information content (AvgIpc) is 2.37. The van der Waals surface area contributed by atoms with Crippen molar-refractivity contribution in [1.82, 2.24) is 5.32 Å². The molecule has 2 N–H and O–H groups in total. The van der Waals surface area contributed by atoms with E-state index in [-0.39, 0.29) is 0 Å². The largest absolute Gasteiger partial charge is 0.480 e. The van der Waals surface area contributed by atoms with Crippen LogP contribution in [0.2, 0.25) is 0 Å². The molecule has 88 valence electrons. The van der Waals surface area contributed by atoms with E-state index in [1.54, 1.807) is 14.0 Å². The molecule has 0 aliphatic carbocycles. The van der Waals surface area contributed by atoms with Crippen LogP contribution < -0.4 is 5.32 Å². The summed E-state index contributed by atoms with van der Waals surface area (Å²) in [5, 5.41) is 14.3. The molecular weight excluding hydrogens is 214 g/mol. The minimum absolute atomic E-state index is 0.783. The van der Waals surface area contributed by atoms with Crippen molar-refractivity contribution < 1.29 is 9.90 Å². The number of benzene rings is 2. The van der Waals surface area contributed by atoms with Gasteiger partial charge < -0.3 is 10.4 Å². The highest BCUT2D eigenvalue weighted by Gasteiger charge is 2.34. The first-order valence-electron chi connectivity index (χ1n) is 5.50. The summed E-state index contributed by atoms with van der Waals surface area (Å²) in [5.41, 5.74) is -0.286. The van der Waals surface area contributed by atoms with Gasteiger partial charge in [0, 0.05) is 0 Å². The Bertz CT molecular complexity index is 560. The van der Waals surface area contributed by atoms with E-state index in [9.17, 15) is 9.90 Å². The Labute approximate surface area is 100 Å². The van der Waals surface area contributed by atoms with E-state index in [1.165, 1.54) is 0 Å². The summed E-state index contributed by atoms with van der Waals surface area (Å²) in [6.07, 6.45) is 0. The van der Waals surface area contributed by atoms with Crippen molar-refractivity contribution in [3.8, 4) is 0 Å². The van der Waals surface area contributed by atoms with E-state index in [4.69, 9.17) is 0 Å². The van der Waals surface area contributed by atoms with E-state index >= 15 is 0 Å². The Hall–Kier alpha value is -1.87. The molecule has 3 heteroatoms. The second-order valence-electron chi connectivity index (χ2n) is 4.21. The zero-order valence-electron chi connectivity index (χ0n) is 9.90. The Morgan fingerprint density at radius 1 is 1.18 bits per heavy atom. The zero-order chi connectivity index (χ0) is 12.5. The lowest BCUT2D eigenvalue weighted by Gasteiger charge is -2.26. The number of carboxylic acids is 1. The molecule has 0 saturated heterocycles. The summed E-state index contributed by atoms with van der Waals surface area (Å²) >= 11 is 0. The number of rotatable bonds is 3. The van der Waals surface area contributed by atoms with Gasteiger partial charge in [0.2, 0.25) is 0 Å². The number of hydrogen-bond acceptors (Lipinski definition) is 2. The first kappa shape index (κ1) is 11.6. The fraction of sp³-hybridized carbons (Fsp3) is 0.214. The molecular formula is C14H15NO2. The van der Waals surface area contributed by atoms with Gasteiger partial charge in [0.15, 0.2) is 0 Å². The van der Waals surface area contributed by atoms with Crippen molar-refractivity contribution >= 4 is 16.7 Å². The van der Waals surface area contributed by atoms with E-state index in [2.05, 4.69) is 5.32 Å². The van der Waals surface area contributed by atoms with Crippen molar-refractivity contribution in [3.05, 3.63) is 48.0 Å². The molecule has 17 heavy (non-hydrogen) atoms. The Morgan fingerprint density at radius 3 is 2.47 bits per heavy atom. The van der Waals surface area contributed by atoms with Gasteiger partial charge in [0.05, 0.1) is 0 Å². The van der Waals surface area contributed by atoms with E-state index < -0.39 is 11.5 Å². The van der Waals surface area contributed by atoms with Gasteiger partial charge in [-0.2, -0.15) is 0 Å². The Kier molecular flexibility index (Phi) is 2.86. The number of likely N-dealkylation sites (N-methyl/N-ethyl adjacent to an activating group) is 1. The van der Waals surface area contributed by atoms with Gasteiger partial charge in [-0.25, -0.2) is 4.79 Å². The molecule has 2 aromatic rings. The number of hydrogen-bond donors (Lipinski definition) is 2. The van der Waals surface area contributed by atoms with Crippen LogP contribution in [-0.4, -0.2) is 18.1 Å². The molecule has 2 aromatic carbocycles. The highest BCUT2D eigenvalue weighted by Crippen LogP contribution is 2.28. The summed E-state index contributed by atoms with van der Waals surface area (Å²) < 4.78 is 0. The maximum absolute atomic E-state index is 11.4. The first-order valence-corrected chi connectivity index (χ1v) is 5.50. The molecule has 3 nitrogen and oxygen atoms in total. The lowest BCUT2D eigenvalue weighted by atomic mass is 9.88. The highest BCUT2D eigenvalue weighted by molar-refractivity contribution is 5.92. The van der Waals surface area contributed by atoms with E-state index in [0.29, 0.717) is 0 Å². The van der Waals surface area contributed by atoms with Gasteiger partial charge in [-0.1, -0.05) is 42.5 Å². The van der Waals surface area contributed by atoms with Crippen LogP contribution in [0, 0.1) is 0 Å². The first-order chi connectivity index (χ1) is 8.09. The Balaban J connectivity index is 2.74. The molecule has 0 heterocycles. The molecule has 0 bridgehead atoms. The van der Waals surface area contributed by atoms with Crippen LogP contribution in [0.1, 0.15) is 12.5 Å². The normalized spacial score (nSPS) is 14.5. The maximum atomic E-state index is 11.4. The van der Waals surface area contributed by atoms with Crippen molar-refractivity contribution in [1.29, 1.82) is 0 Å². The van der Waals surface area contributed by atoms with Crippen molar-refractivity contribution in [2.75, 3.05) is 7.05 Å². The standard InChI is InChI=1S/C14H15NO2/c1-14(15-2,13(16)17)12-9-5-7-10-6-3-4-8-11(10)12/h3-9,15H,1-2H3,(H,16,17)/t14-/m1/s1. The topological polar surface area (TPSA) is 49.3 Å². The molecule has 0 fully saturated rings. The summed E-state index contributed by atoms with van der Waals surface area (Å²) in [4.78, 5) is 11.4. The van der Waals surface area contributed by atoms with E-state index in [0.717, 1.165) is 16.3 Å². The molecule has 0 aromatic heterocycles. The molecule has 0 saturated carbocycles. The van der Waals surface area contributed by atoms with Crippen molar-refractivity contribution in [3.63, 3.8) is 0 Å². The minimum Gasteiger partial charge on any atom is -0.480 e. The number of nitrogens with one attached hydrogen (secondary N) is 1. The SMILES string of the molecule is CN[C@@](C)(C(=O)O)c1cccc2ccccc12. The van der Waals surface area contributed by atoms with Gasteiger partial charge in [-0.3, -0.25) is 0 Å². The molecule has 0 radical (unpaired) electrons. The van der Waals surface area contributed by atoms with Crippen molar-refractivity contribution in [2.45, 2.75) is 12.5 Å². The molecule has 0 amide bonds. The highest BCUT2D eigenvalue weighted by atomic mass is 16.4. The zero-order valence-corrected chi connectivity index (χ0v) is 9.90. The molecule has 0 aliphatic heterocycles. The minimum atomic E-state index is -1.07. The summed E-state index contributed by atoms with van der Waals surface area (Å²) in [7, 11) is 1.66. The molecule has 1 atom stereocenters. The van der Waals surface area contributed by atoms with Crippen molar-refractivity contribution in [2.24, 2.45) is 0 Å². The van der Waals surface area contributed by atoms with Crippen LogP contribution in [-0.2, 0) is 10.3 Å². The smallest absolute Gasteiger partial charge is 0.328 e. The summed E-state index contributed by atoms with van der Waals surface area (Å²) in [6, 6.07) is 13.5. The molecule has 0 spiro atoms. The van der Waals surface area contributed by atoms with Gasteiger partial charge in [-0.05, 0) is 30.3 Å². The lowest BCUT2D eigenvalue weighted by Crippen LogP contribution is -2.44. The quantitative estimate of drug-likeness (QED) is 0.849. The van der Waals surface area contributed by atoms with Crippen LogP contribution in [0.5, 0.6) is 0 Å². The monoisotopic (exact) mass is 229 g/mol. The van der Waals surface area contributed by atoms with Crippen LogP contribution in [0.15, 0.2) is 42.5 Å². The predicted octanol–water partition coefficient (Wildman–Crippen LogP) is 2.36. The molecule has 0 unspecified atom stereocenters. The van der Waals surface area contributed by atoms with Crippen LogP contribution in [0.25, 0.3) is 10.8 Å². The number of aliphatic carboxylic acids is 1. The lowest BCUT2D eigenvalue weighted by molar-refractivity contribution is -0.144. The number of carboxylic acid groups (broad SMARTS) is 1. The third-order valence-electron chi connectivity index (χ3n) is 3.26. The fourth-order valence-electron chi connectivity index (χ4n) is 2.02. The maximum Gasteiger partial charge on any atom is 0.328 e. The van der Waals surface area contributed by atoms with Gasteiger partial charge in [0.1, 0.15) is 5.54 Å². The molecule has 2 rings (SSSR count). The summed E-state index contributed by atoms with van der Waals surface area (Å²) in [6.45, 7) is 1.68. The van der Waals surface area contributed by atoms with Gasteiger partial charge in [0.25, 0.3) is 0 Å². The number of carbonyl (C=O) groups is 1. The van der Waals surface area contributed by atoms with Gasteiger partial charge in [-0.15, -0.1) is 0 Å². The third kappa shape index (κ3) is 1.78. The number of fused-ring (bicyclic) bond motifs is 1. The van der Waals surface area contributed by atoms with E-state index in [1.807, 2.05) is 42.5 Å². The third-order valence-corrected chi connectivity index (χ3v) is 3.26. The fourth-order valence-corrected chi connectivity index (χ4v) is 2.02. The second kappa shape index (κ2) is 4.18. The second-order valence-corrected chi connectivity index (χ2v) is 4.21. The van der Waals surface area contributed by atoms with Crippen LogP contribution in [0.3, 0.4) is 0 Å². The predicted molar refractivity (Wildman–Crippen MR) is 68.0 cm³/mol. The average molecular weight is 229 g/mol. The van der Waals surface area contributed by atoms with Crippen LogP contribution >= 0.6 is 0 Å². The molecule has 0 aliphatic rings. The Morgan fingerprint density at radius 2 is 1.82 bits per heavy atom.